The molecule has 1 aliphatic heterocycles. The third-order valence-electron chi connectivity index (χ3n) is 4.00. The number of benzene rings is 2. The van der Waals surface area contributed by atoms with Gasteiger partial charge in [0.05, 0.1) is 0 Å². The van der Waals surface area contributed by atoms with E-state index < -0.39 is 12.0 Å². The summed E-state index contributed by atoms with van der Waals surface area (Å²) >= 11 is 6.03. The third kappa shape index (κ3) is 4.19. The molecular formula is C19H17ClN2O3. The zero-order chi connectivity index (χ0) is 17.8. The Morgan fingerprint density at radius 3 is 2.68 bits per heavy atom. The molecule has 25 heavy (non-hydrogen) atoms. The maximum Gasteiger partial charge on any atom is 0.326 e. The van der Waals surface area contributed by atoms with Gasteiger partial charge in [-0.2, -0.15) is 0 Å². The summed E-state index contributed by atoms with van der Waals surface area (Å²) in [6.07, 6.45) is 2.37. The highest BCUT2D eigenvalue weighted by Gasteiger charge is 2.24. The van der Waals surface area contributed by atoms with Gasteiger partial charge in [-0.05, 0) is 42.7 Å². The van der Waals surface area contributed by atoms with Crippen LogP contribution in [0.5, 0.6) is 0 Å². The normalized spacial score (nSPS) is 18.0. The number of para-hydroxylation sites is 1. The van der Waals surface area contributed by atoms with Crippen molar-refractivity contribution in [2.24, 2.45) is 0 Å². The van der Waals surface area contributed by atoms with Crippen LogP contribution in [0.3, 0.4) is 0 Å². The predicted octanol–water partition coefficient (Wildman–Crippen LogP) is 4.02. The summed E-state index contributed by atoms with van der Waals surface area (Å²) in [5.41, 5.74) is 2.89. The molecule has 3 N–H and O–H groups in total. The summed E-state index contributed by atoms with van der Waals surface area (Å²) in [6.45, 7) is 0. The maximum absolute atomic E-state index is 12.3. The number of carbonyl (C=O) groups excluding carboxylic acids is 1. The van der Waals surface area contributed by atoms with Gasteiger partial charge in [-0.25, -0.2) is 4.79 Å². The fraction of sp³-hybridized carbons (Fsp3) is 0.158. The number of allylic oxidation sites excluding steroid dienone is 1. The molecule has 0 aliphatic carbocycles. The van der Waals surface area contributed by atoms with Crippen LogP contribution in [-0.4, -0.2) is 23.0 Å². The third-order valence-corrected chi connectivity index (χ3v) is 4.24. The number of nitrogens with one attached hydrogen (secondary N) is 2. The van der Waals surface area contributed by atoms with E-state index in [9.17, 15) is 14.7 Å². The molecule has 1 aliphatic rings. The molecule has 5 nitrogen and oxygen atoms in total. The van der Waals surface area contributed by atoms with Crippen LogP contribution in [0.15, 0.2) is 54.6 Å². The van der Waals surface area contributed by atoms with Crippen LogP contribution >= 0.6 is 11.6 Å². The van der Waals surface area contributed by atoms with Gasteiger partial charge in [-0.1, -0.05) is 35.9 Å². The van der Waals surface area contributed by atoms with Gasteiger partial charge < -0.3 is 15.7 Å². The Kier molecular flexibility index (Phi) is 5.05. The van der Waals surface area contributed by atoms with Crippen molar-refractivity contribution in [1.82, 2.24) is 0 Å². The second kappa shape index (κ2) is 7.40. The highest BCUT2D eigenvalue weighted by Crippen LogP contribution is 2.34. The first-order valence-electron chi connectivity index (χ1n) is 7.89. The summed E-state index contributed by atoms with van der Waals surface area (Å²) in [5, 5.41) is 15.6. The lowest BCUT2D eigenvalue weighted by atomic mass is 9.99. The summed E-state index contributed by atoms with van der Waals surface area (Å²) < 4.78 is 0. The predicted molar refractivity (Wildman–Crippen MR) is 98.8 cm³/mol. The van der Waals surface area contributed by atoms with Gasteiger partial charge in [0, 0.05) is 28.0 Å². The summed E-state index contributed by atoms with van der Waals surface area (Å²) in [6, 6.07) is 13.7. The lowest BCUT2D eigenvalue weighted by Crippen LogP contribution is -2.28. The highest BCUT2D eigenvalue weighted by atomic mass is 35.5. The summed E-state index contributed by atoms with van der Waals surface area (Å²) in [7, 11) is 0. The van der Waals surface area contributed by atoms with Crippen LogP contribution in [0.2, 0.25) is 5.02 Å². The van der Waals surface area contributed by atoms with E-state index in [2.05, 4.69) is 10.6 Å². The van der Waals surface area contributed by atoms with Crippen molar-refractivity contribution in [2.45, 2.75) is 18.9 Å². The number of aliphatic carboxylic acids is 1. The molecule has 128 valence electrons. The van der Waals surface area contributed by atoms with Gasteiger partial charge in [0.1, 0.15) is 6.04 Å². The Morgan fingerprint density at radius 2 is 1.96 bits per heavy atom. The monoisotopic (exact) mass is 356 g/mol. The molecule has 1 amide bonds. The number of halogens is 1. The molecule has 3 rings (SSSR count). The first kappa shape index (κ1) is 17.0. The van der Waals surface area contributed by atoms with E-state index in [1.165, 1.54) is 6.08 Å². The number of rotatable bonds is 3. The number of amides is 1. The van der Waals surface area contributed by atoms with Gasteiger partial charge in [-0.15, -0.1) is 0 Å². The summed E-state index contributed by atoms with van der Waals surface area (Å²) in [4.78, 5) is 23.7. The van der Waals surface area contributed by atoms with Gasteiger partial charge >= 0.3 is 5.97 Å². The Hall–Kier alpha value is -2.79. The van der Waals surface area contributed by atoms with E-state index in [0.717, 1.165) is 11.1 Å². The lowest BCUT2D eigenvalue weighted by Gasteiger charge is -2.13. The maximum atomic E-state index is 12.3. The Balaban J connectivity index is 1.90. The minimum Gasteiger partial charge on any atom is -0.480 e. The van der Waals surface area contributed by atoms with E-state index in [1.807, 2.05) is 18.2 Å². The zero-order valence-electron chi connectivity index (χ0n) is 13.3. The molecule has 1 heterocycles. The number of carboxylic acid groups (broad SMARTS) is 1. The van der Waals surface area contributed by atoms with Crippen molar-refractivity contribution in [1.29, 1.82) is 0 Å². The van der Waals surface area contributed by atoms with E-state index >= 15 is 0 Å². The molecule has 0 bridgehead atoms. The largest absolute Gasteiger partial charge is 0.480 e. The second-order valence-electron chi connectivity index (χ2n) is 5.79. The molecule has 0 unspecified atom stereocenters. The molecule has 6 heteroatoms. The van der Waals surface area contributed by atoms with E-state index in [4.69, 9.17) is 11.6 Å². The van der Waals surface area contributed by atoms with Crippen LogP contribution in [0.1, 0.15) is 18.4 Å². The van der Waals surface area contributed by atoms with Crippen molar-refractivity contribution in [3.8, 4) is 0 Å². The Bertz CT molecular complexity index is 834. The minimum absolute atomic E-state index is 0.254. The standard InChI is InChI=1S/C19H17ClN2O3/c20-13-7-8-15-12(6-9-16(19(24)25)22-17(15)11-13)10-18(23)21-14-4-2-1-3-5-14/h1-5,7-8,10-11,16,22H,6,9H2,(H,21,23)(H,24,25)/b12-10+/t16-/m1/s1. The molecule has 2 aromatic rings. The average Bonchev–Trinajstić information content (AvgIpc) is 2.75. The van der Waals surface area contributed by atoms with Gasteiger partial charge in [0.15, 0.2) is 0 Å². The highest BCUT2D eigenvalue weighted by molar-refractivity contribution is 6.31. The quantitative estimate of drug-likeness (QED) is 0.726. The topological polar surface area (TPSA) is 78.4 Å². The number of carbonyl (C=O) groups is 2. The van der Waals surface area contributed by atoms with Crippen LogP contribution in [0.25, 0.3) is 5.57 Å². The van der Waals surface area contributed by atoms with Crippen molar-refractivity contribution in [3.63, 3.8) is 0 Å². The smallest absolute Gasteiger partial charge is 0.326 e. The average molecular weight is 357 g/mol. The number of hydrogen-bond acceptors (Lipinski definition) is 3. The second-order valence-corrected chi connectivity index (χ2v) is 6.23. The number of anilines is 2. The molecule has 0 radical (unpaired) electrons. The zero-order valence-corrected chi connectivity index (χ0v) is 14.1. The minimum atomic E-state index is -0.930. The SMILES string of the molecule is O=C(/C=C1\CC[C@H](C(=O)O)Nc2cc(Cl)ccc21)Nc1ccccc1. The van der Waals surface area contributed by atoms with Crippen molar-refractivity contribution in [2.75, 3.05) is 10.6 Å². The van der Waals surface area contributed by atoms with E-state index in [1.54, 1.807) is 30.3 Å². The van der Waals surface area contributed by atoms with Crippen LogP contribution in [0, 0.1) is 0 Å². The van der Waals surface area contributed by atoms with Crippen LogP contribution in [-0.2, 0) is 9.59 Å². The van der Waals surface area contributed by atoms with Crippen molar-refractivity contribution < 1.29 is 14.7 Å². The molecule has 0 saturated heterocycles. The molecule has 0 fully saturated rings. The molecule has 0 spiro atoms. The van der Waals surface area contributed by atoms with Crippen LogP contribution < -0.4 is 10.6 Å². The van der Waals surface area contributed by atoms with Gasteiger partial charge in [-0.3, -0.25) is 4.79 Å². The lowest BCUT2D eigenvalue weighted by molar-refractivity contribution is -0.138. The summed E-state index contributed by atoms with van der Waals surface area (Å²) in [5.74, 6) is -1.18. The van der Waals surface area contributed by atoms with Gasteiger partial charge in [0.2, 0.25) is 5.91 Å². The molecule has 2 aromatic carbocycles. The van der Waals surface area contributed by atoms with E-state index in [-0.39, 0.29) is 5.91 Å². The first-order chi connectivity index (χ1) is 12.0. The first-order valence-corrected chi connectivity index (χ1v) is 8.26. The number of hydrogen-bond donors (Lipinski definition) is 3. The Morgan fingerprint density at radius 1 is 1.20 bits per heavy atom. The number of carboxylic acids is 1. The Labute approximate surface area is 150 Å². The molecule has 1 atom stereocenters. The van der Waals surface area contributed by atoms with E-state index in [0.29, 0.717) is 29.2 Å². The molecule has 0 aromatic heterocycles. The molecular weight excluding hydrogens is 340 g/mol. The number of fused-ring (bicyclic) bond motifs is 1. The van der Waals surface area contributed by atoms with Crippen molar-refractivity contribution >= 4 is 40.4 Å². The van der Waals surface area contributed by atoms with Crippen LogP contribution in [0.4, 0.5) is 11.4 Å². The fourth-order valence-corrected chi connectivity index (χ4v) is 2.98. The molecule has 0 saturated carbocycles. The van der Waals surface area contributed by atoms with Gasteiger partial charge in [0.25, 0.3) is 0 Å². The fourth-order valence-electron chi connectivity index (χ4n) is 2.80. The van der Waals surface area contributed by atoms with Crippen molar-refractivity contribution in [3.05, 3.63) is 65.2 Å².